The summed E-state index contributed by atoms with van der Waals surface area (Å²) in [5.41, 5.74) is 5.80. The Kier molecular flexibility index (Phi) is 1.60. The lowest BCUT2D eigenvalue weighted by atomic mass is 10.4. The van der Waals surface area contributed by atoms with Crippen molar-refractivity contribution in [3.63, 3.8) is 0 Å². The third-order valence-corrected chi connectivity index (χ3v) is 1.31. The zero-order chi connectivity index (χ0) is 8.39. The second-order valence-electron chi connectivity index (χ2n) is 2.10. The molecule has 0 radical (unpaired) electrons. The third kappa shape index (κ3) is 1.08. The number of aromatic nitrogens is 3. The first-order valence-electron chi connectivity index (χ1n) is 3.33. The van der Waals surface area contributed by atoms with Gasteiger partial charge in [-0.1, -0.05) is 10.3 Å². The van der Waals surface area contributed by atoms with E-state index in [1.54, 1.807) is 6.07 Å². The minimum Gasteiger partial charge on any atom is -0.364 e. The van der Waals surface area contributed by atoms with Gasteiger partial charge in [-0.05, 0) is 0 Å². The van der Waals surface area contributed by atoms with E-state index in [1.807, 2.05) is 0 Å². The van der Waals surface area contributed by atoms with Crippen molar-refractivity contribution < 1.29 is 9.05 Å². The van der Waals surface area contributed by atoms with Crippen LogP contribution in [-0.2, 0) is 6.54 Å². The summed E-state index contributed by atoms with van der Waals surface area (Å²) in [5.74, 6) is 0.775. The standard InChI is InChI=1S/C6H6N4O2/c7-3-5-8-6(12-10-5)4-1-2-11-9-4/h1-2H,3,7H2. The van der Waals surface area contributed by atoms with Crippen LogP contribution in [0.1, 0.15) is 5.82 Å². The molecule has 2 aromatic rings. The average molecular weight is 166 g/mol. The molecular weight excluding hydrogens is 160 g/mol. The van der Waals surface area contributed by atoms with Gasteiger partial charge >= 0.3 is 0 Å². The van der Waals surface area contributed by atoms with Crippen LogP contribution in [-0.4, -0.2) is 15.3 Å². The maximum absolute atomic E-state index is 5.29. The van der Waals surface area contributed by atoms with Crippen molar-refractivity contribution in [2.75, 3.05) is 0 Å². The van der Waals surface area contributed by atoms with E-state index in [2.05, 4.69) is 19.8 Å². The molecule has 0 saturated carbocycles. The smallest absolute Gasteiger partial charge is 0.280 e. The maximum Gasteiger partial charge on any atom is 0.280 e. The number of hydrogen-bond donors (Lipinski definition) is 1. The number of nitrogens with zero attached hydrogens (tertiary/aromatic N) is 3. The lowest BCUT2D eigenvalue weighted by Gasteiger charge is -1.79. The molecule has 0 bridgehead atoms. The molecule has 2 N–H and O–H groups in total. The van der Waals surface area contributed by atoms with Crippen LogP contribution in [0.4, 0.5) is 0 Å². The topological polar surface area (TPSA) is 91.0 Å². The van der Waals surface area contributed by atoms with Gasteiger partial charge in [-0.3, -0.25) is 0 Å². The molecule has 0 aliphatic rings. The zero-order valence-electron chi connectivity index (χ0n) is 6.10. The van der Waals surface area contributed by atoms with E-state index in [0.717, 1.165) is 0 Å². The molecule has 0 amide bonds. The molecular formula is C6H6N4O2. The van der Waals surface area contributed by atoms with Crippen molar-refractivity contribution in [1.82, 2.24) is 15.3 Å². The highest BCUT2D eigenvalue weighted by Gasteiger charge is 2.09. The fourth-order valence-corrected chi connectivity index (χ4v) is 0.764. The molecule has 0 atom stereocenters. The fourth-order valence-electron chi connectivity index (χ4n) is 0.764. The highest BCUT2D eigenvalue weighted by atomic mass is 16.5. The number of nitrogens with two attached hydrogens (primary N) is 1. The Hall–Kier alpha value is -1.69. The second kappa shape index (κ2) is 2.74. The Morgan fingerprint density at radius 1 is 1.42 bits per heavy atom. The van der Waals surface area contributed by atoms with Gasteiger partial charge in [0.05, 0.1) is 6.54 Å². The summed E-state index contributed by atoms with van der Waals surface area (Å²) in [5, 5.41) is 7.22. The molecule has 6 heteroatoms. The molecule has 0 unspecified atom stereocenters. The van der Waals surface area contributed by atoms with Crippen molar-refractivity contribution in [2.45, 2.75) is 6.54 Å². The van der Waals surface area contributed by atoms with Crippen LogP contribution in [0.15, 0.2) is 21.4 Å². The summed E-state index contributed by atoms with van der Waals surface area (Å²) < 4.78 is 9.44. The highest BCUT2D eigenvalue weighted by molar-refractivity contribution is 5.43. The Morgan fingerprint density at radius 3 is 2.92 bits per heavy atom. The first-order valence-corrected chi connectivity index (χ1v) is 3.33. The molecule has 6 nitrogen and oxygen atoms in total. The molecule has 0 aliphatic heterocycles. The quantitative estimate of drug-likeness (QED) is 0.684. The number of rotatable bonds is 2. The van der Waals surface area contributed by atoms with E-state index < -0.39 is 0 Å². The molecule has 2 rings (SSSR count). The minimum atomic E-state index is 0.251. The lowest BCUT2D eigenvalue weighted by Crippen LogP contribution is -1.97. The fraction of sp³-hybridized carbons (Fsp3) is 0.167. The number of hydrogen-bond acceptors (Lipinski definition) is 6. The van der Waals surface area contributed by atoms with Gasteiger partial charge in [0.15, 0.2) is 11.5 Å². The van der Waals surface area contributed by atoms with Gasteiger partial charge in [0, 0.05) is 6.07 Å². The highest BCUT2D eigenvalue weighted by Crippen LogP contribution is 2.13. The largest absolute Gasteiger partial charge is 0.364 e. The predicted octanol–water partition coefficient (Wildman–Crippen LogP) is 0.183. The van der Waals surface area contributed by atoms with Gasteiger partial charge in [-0.15, -0.1) is 0 Å². The summed E-state index contributed by atoms with van der Waals surface area (Å²) in [4.78, 5) is 3.95. The second-order valence-corrected chi connectivity index (χ2v) is 2.10. The van der Waals surface area contributed by atoms with Crippen LogP contribution in [0.25, 0.3) is 11.6 Å². The lowest BCUT2D eigenvalue weighted by molar-refractivity contribution is 0.402. The van der Waals surface area contributed by atoms with Crippen molar-refractivity contribution in [1.29, 1.82) is 0 Å². The van der Waals surface area contributed by atoms with Crippen molar-refractivity contribution in [3.8, 4) is 11.6 Å². The van der Waals surface area contributed by atoms with E-state index in [-0.39, 0.29) is 6.54 Å². The summed E-state index contributed by atoms with van der Waals surface area (Å²) in [6.45, 7) is 0.251. The van der Waals surface area contributed by atoms with Crippen LogP contribution in [0, 0.1) is 0 Å². The first-order chi connectivity index (χ1) is 5.90. The molecule has 0 fully saturated rings. The van der Waals surface area contributed by atoms with E-state index in [1.165, 1.54) is 6.26 Å². The van der Waals surface area contributed by atoms with Crippen LogP contribution < -0.4 is 5.73 Å². The van der Waals surface area contributed by atoms with Gasteiger partial charge < -0.3 is 14.8 Å². The molecule has 0 aromatic carbocycles. The summed E-state index contributed by atoms with van der Waals surface area (Å²) >= 11 is 0. The molecule has 0 aliphatic carbocycles. The van der Waals surface area contributed by atoms with Gasteiger partial charge in [0.25, 0.3) is 5.89 Å². The molecule has 62 valence electrons. The normalized spacial score (nSPS) is 10.4. The predicted molar refractivity (Wildman–Crippen MR) is 37.7 cm³/mol. The molecule has 2 heterocycles. The van der Waals surface area contributed by atoms with Crippen LogP contribution in [0.2, 0.25) is 0 Å². The van der Waals surface area contributed by atoms with Crippen LogP contribution >= 0.6 is 0 Å². The molecule has 12 heavy (non-hydrogen) atoms. The van der Waals surface area contributed by atoms with Crippen LogP contribution in [0.5, 0.6) is 0 Å². The Balaban J connectivity index is 2.35. The Bertz CT molecular complexity index is 353. The van der Waals surface area contributed by atoms with Gasteiger partial charge in [-0.25, -0.2) is 0 Å². The molecule has 2 aromatic heterocycles. The van der Waals surface area contributed by atoms with E-state index in [9.17, 15) is 0 Å². The summed E-state index contributed by atoms with van der Waals surface area (Å²) in [6.07, 6.45) is 1.43. The molecule has 0 saturated heterocycles. The minimum absolute atomic E-state index is 0.251. The molecule has 0 spiro atoms. The Morgan fingerprint density at radius 2 is 2.33 bits per heavy atom. The monoisotopic (exact) mass is 166 g/mol. The summed E-state index contributed by atoms with van der Waals surface area (Å²) in [7, 11) is 0. The van der Waals surface area contributed by atoms with Gasteiger partial charge in [-0.2, -0.15) is 4.98 Å². The average Bonchev–Trinajstić information content (AvgIpc) is 2.75. The van der Waals surface area contributed by atoms with Gasteiger partial charge in [0.1, 0.15) is 6.26 Å². The van der Waals surface area contributed by atoms with Crippen molar-refractivity contribution >= 4 is 0 Å². The van der Waals surface area contributed by atoms with Crippen molar-refractivity contribution in [2.24, 2.45) is 5.73 Å². The van der Waals surface area contributed by atoms with Gasteiger partial charge in [0.2, 0.25) is 0 Å². The van der Waals surface area contributed by atoms with E-state index in [0.29, 0.717) is 17.4 Å². The first kappa shape index (κ1) is 6.99. The Labute approximate surface area is 67.3 Å². The van der Waals surface area contributed by atoms with E-state index in [4.69, 9.17) is 10.3 Å². The van der Waals surface area contributed by atoms with Crippen LogP contribution in [0.3, 0.4) is 0 Å². The zero-order valence-corrected chi connectivity index (χ0v) is 6.10. The van der Waals surface area contributed by atoms with Crippen molar-refractivity contribution in [3.05, 3.63) is 18.2 Å². The maximum atomic E-state index is 5.29. The summed E-state index contributed by atoms with van der Waals surface area (Å²) in [6, 6.07) is 1.63. The third-order valence-electron chi connectivity index (χ3n) is 1.31. The van der Waals surface area contributed by atoms with E-state index >= 15 is 0 Å². The SMILES string of the molecule is NCc1noc(-c2ccon2)n1.